The summed E-state index contributed by atoms with van der Waals surface area (Å²) in [5, 5.41) is 5.07. The van der Waals surface area contributed by atoms with Crippen LogP contribution in [-0.2, 0) is 0 Å². The molecule has 0 fully saturated rings. The van der Waals surface area contributed by atoms with Crippen molar-refractivity contribution in [3.8, 4) is 28.2 Å². The van der Waals surface area contributed by atoms with Gasteiger partial charge in [-0.3, -0.25) is 4.79 Å². The van der Waals surface area contributed by atoms with Gasteiger partial charge in [0.2, 0.25) is 0 Å². The number of aromatic nitrogens is 3. The molecule has 0 aliphatic carbocycles. The zero-order chi connectivity index (χ0) is 20.5. The Kier molecular flexibility index (Phi) is 4.62. The van der Waals surface area contributed by atoms with Gasteiger partial charge >= 0.3 is 0 Å². The van der Waals surface area contributed by atoms with Gasteiger partial charge in [-0.05, 0) is 35.9 Å². The first-order valence-electron chi connectivity index (χ1n) is 9.51. The summed E-state index contributed by atoms with van der Waals surface area (Å²) in [7, 11) is 0. The molecular weight excluding hydrogens is 394 g/mol. The molecule has 5 rings (SSSR count). The SMILES string of the molecule is O=C(Cl)c1cc(-c2cn(-c3ccccc3)nc2-c2ccccc2)nc2ccccc12. The second kappa shape index (κ2) is 7.58. The van der Waals surface area contributed by atoms with Crippen LogP contribution in [0, 0.1) is 0 Å². The molecule has 0 aliphatic heterocycles. The number of nitrogens with zero attached hydrogens (tertiary/aromatic N) is 3. The summed E-state index contributed by atoms with van der Waals surface area (Å²) >= 11 is 5.91. The molecule has 4 nitrogen and oxygen atoms in total. The summed E-state index contributed by atoms with van der Waals surface area (Å²) in [5.41, 5.74) is 5.32. The van der Waals surface area contributed by atoms with Gasteiger partial charge in [-0.25, -0.2) is 9.67 Å². The van der Waals surface area contributed by atoms with Crippen LogP contribution in [0.5, 0.6) is 0 Å². The van der Waals surface area contributed by atoms with E-state index in [-0.39, 0.29) is 0 Å². The predicted octanol–water partition coefficient (Wildman–Crippen LogP) is 6.13. The number of fused-ring (bicyclic) bond motifs is 1. The first-order chi connectivity index (χ1) is 14.7. The third kappa shape index (κ3) is 3.27. The maximum atomic E-state index is 12.1. The van der Waals surface area contributed by atoms with Crippen LogP contribution in [0.1, 0.15) is 10.4 Å². The molecule has 0 spiro atoms. The van der Waals surface area contributed by atoms with Crippen molar-refractivity contribution in [1.82, 2.24) is 14.8 Å². The highest BCUT2D eigenvalue weighted by molar-refractivity contribution is 6.68. The van der Waals surface area contributed by atoms with Crippen LogP contribution in [0.25, 0.3) is 39.1 Å². The lowest BCUT2D eigenvalue weighted by Gasteiger charge is -2.07. The van der Waals surface area contributed by atoms with Crippen LogP contribution >= 0.6 is 11.6 Å². The molecule has 5 aromatic rings. The number of rotatable bonds is 4. The van der Waals surface area contributed by atoms with Gasteiger partial charge in [-0.2, -0.15) is 5.10 Å². The smallest absolute Gasteiger partial charge is 0.253 e. The van der Waals surface area contributed by atoms with E-state index >= 15 is 0 Å². The van der Waals surface area contributed by atoms with E-state index in [1.54, 1.807) is 6.07 Å². The van der Waals surface area contributed by atoms with Crippen LogP contribution in [-0.4, -0.2) is 20.0 Å². The van der Waals surface area contributed by atoms with Gasteiger partial charge in [0, 0.05) is 28.3 Å². The zero-order valence-corrected chi connectivity index (χ0v) is 16.6. The molecule has 144 valence electrons. The van der Waals surface area contributed by atoms with Crippen LogP contribution in [0.3, 0.4) is 0 Å². The van der Waals surface area contributed by atoms with Gasteiger partial charge in [0.1, 0.15) is 5.69 Å². The third-order valence-corrected chi connectivity index (χ3v) is 5.19. The lowest BCUT2D eigenvalue weighted by molar-refractivity contribution is 0.108. The summed E-state index contributed by atoms with van der Waals surface area (Å²) in [4.78, 5) is 17.0. The summed E-state index contributed by atoms with van der Waals surface area (Å²) < 4.78 is 1.83. The molecule has 3 aromatic carbocycles. The third-order valence-electron chi connectivity index (χ3n) is 4.99. The fraction of sp³-hybridized carbons (Fsp3) is 0. The first-order valence-corrected chi connectivity index (χ1v) is 9.89. The highest BCUT2D eigenvalue weighted by Gasteiger charge is 2.18. The Hall–Kier alpha value is -3.76. The molecule has 0 bridgehead atoms. The maximum Gasteiger partial charge on any atom is 0.253 e. The number of pyridine rings is 1. The van der Waals surface area contributed by atoms with Crippen molar-refractivity contribution in [2.75, 3.05) is 0 Å². The van der Waals surface area contributed by atoms with Crippen molar-refractivity contribution in [3.63, 3.8) is 0 Å². The molecule has 0 amide bonds. The molecule has 0 aliphatic rings. The van der Waals surface area contributed by atoms with E-state index in [1.807, 2.05) is 95.8 Å². The quantitative estimate of drug-likeness (QED) is 0.335. The Morgan fingerprint density at radius 2 is 1.50 bits per heavy atom. The van der Waals surface area contributed by atoms with Crippen molar-refractivity contribution in [1.29, 1.82) is 0 Å². The number of hydrogen-bond acceptors (Lipinski definition) is 3. The number of halogens is 1. The van der Waals surface area contributed by atoms with Crippen molar-refractivity contribution < 1.29 is 4.79 Å². The number of carbonyl (C=O) groups is 1. The van der Waals surface area contributed by atoms with Crippen molar-refractivity contribution >= 4 is 27.7 Å². The second-order valence-electron chi connectivity index (χ2n) is 6.88. The minimum atomic E-state index is -0.508. The number of carbonyl (C=O) groups excluding carboxylic acids is 1. The largest absolute Gasteiger partial charge is 0.276 e. The highest BCUT2D eigenvalue weighted by atomic mass is 35.5. The fourth-order valence-electron chi connectivity index (χ4n) is 3.56. The summed E-state index contributed by atoms with van der Waals surface area (Å²) in [6.45, 7) is 0. The van der Waals surface area contributed by atoms with Crippen LogP contribution in [0.15, 0.2) is 97.2 Å². The Bertz CT molecular complexity index is 1360. The van der Waals surface area contributed by atoms with Gasteiger partial charge in [-0.1, -0.05) is 66.7 Å². The number of benzene rings is 3. The zero-order valence-electron chi connectivity index (χ0n) is 15.9. The minimum absolute atomic E-state index is 0.434. The van der Waals surface area contributed by atoms with Gasteiger partial charge in [0.25, 0.3) is 5.24 Å². The van der Waals surface area contributed by atoms with Crippen molar-refractivity contribution in [3.05, 3.63) is 103 Å². The molecule has 0 N–H and O–H groups in total. The lowest BCUT2D eigenvalue weighted by Crippen LogP contribution is -1.96. The molecule has 2 aromatic heterocycles. The highest BCUT2D eigenvalue weighted by Crippen LogP contribution is 2.33. The van der Waals surface area contributed by atoms with Gasteiger partial charge in [0.15, 0.2) is 0 Å². The van der Waals surface area contributed by atoms with Crippen LogP contribution < -0.4 is 0 Å². The Balaban J connectivity index is 1.78. The molecule has 0 unspecified atom stereocenters. The van der Waals surface area contributed by atoms with E-state index in [2.05, 4.69) is 0 Å². The normalized spacial score (nSPS) is 11.0. The summed E-state index contributed by atoms with van der Waals surface area (Å²) in [6, 6.07) is 29.1. The monoisotopic (exact) mass is 409 g/mol. The maximum absolute atomic E-state index is 12.1. The van der Waals surface area contributed by atoms with Gasteiger partial charge in [-0.15, -0.1) is 0 Å². The van der Waals surface area contributed by atoms with Crippen molar-refractivity contribution in [2.24, 2.45) is 0 Å². The van der Waals surface area contributed by atoms with E-state index in [0.29, 0.717) is 16.8 Å². The minimum Gasteiger partial charge on any atom is -0.276 e. The number of para-hydroxylation sites is 2. The molecule has 0 saturated heterocycles. The molecule has 30 heavy (non-hydrogen) atoms. The van der Waals surface area contributed by atoms with E-state index in [0.717, 1.165) is 27.9 Å². The van der Waals surface area contributed by atoms with Gasteiger partial charge in [0.05, 0.1) is 16.9 Å². The Labute approximate surface area is 178 Å². The fourth-order valence-corrected chi connectivity index (χ4v) is 3.72. The van der Waals surface area contributed by atoms with Crippen LogP contribution in [0.2, 0.25) is 0 Å². The van der Waals surface area contributed by atoms with E-state index in [9.17, 15) is 4.79 Å². The second-order valence-corrected chi connectivity index (χ2v) is 7.23. The lowest BCUT2D eigenvalue weighted by atomic mass is 10.0. The van der Waals surface area contributed by atoms with Crippen molar-refractivity contribution in [2.45, 2.75) is 0 Å². The molecule has 5 heteroatoms. The van der Waals surface area contributed by atoms with Crippen LogP contribution in [0.4, 0.5) is 0 Å². The Morgan fingerprint density at radius 1 is 0.833 bits per heavy atom. The average Bonchev–Trinajstić information content (AvgIpc) is 3.25. The summed E-state index contributed by atoms with van der Waals surface area (Å²) in [5.74, 6) is 0. The van der Waals surface area contributed by atoms with E-state index < -0.39 is 5.24 Å². The standard InChI is InChI=1S/C25H16ClN3O/c26-25(30)20-15-23(27-22-14-8-7-13-19(20)22)21-16-29(18-11-5-2-6-12-18)28-24(21)17-9-3-1-4-10-17/h1-16H. The molecule has 0 saturated carbocycles. The Morgan fingerprint density at radius 3 is 2.23 bits per heavy atom. The summed E-state index contributed by atoms with van der Waals surface area (Å²) in [6.07, 6.45) is 1.94. The molecular formula is C25H16ClN3O. The van der Waals surface area contributed by atoms with E-state index in [4.69, 9.17) is 21.7 Å². The number of hydrogen-bond donors (Lipinski definition) is 0. The van der Waals surface area contributed by atoms with Gasteiger partial charge < -0.3 is 0 Å². The average molecular weight is 410 g/mol. The molecule has 2 heterocycles. The predicted molar refractivity (Wildman–Crippen MR) is 120 cm³/mol. The molecule has 0 atom stereocenters. The topological polar surface area (TPSA) is 47.8 Å². The molecule has 0 radical (unpaired) electrons. The first kappa shape index (κ1) is 18.3. The van der Waals surface area contributed by atoms with E-state index in [1.165, 1.54) is 0 Å².